The summed E-state index contributed by atoms with van der Waals surface area (Å²) in [5.74, 6) is 0.620. The molecule has 100 valence electrons. The third-order valence-corrected chi connectivity index (χ3v) is 4.33. The van der Waals surface area contributed by atoms with Gasteiger partial charge in [-0.05, 0) is 44.4 Å². The summed E-state index contributed by atoms with van der Waals surface area (Å²) in [5.41, 5.74) is -0.644. The topological polar surface area (TPSA) is 62.1 Å². The highest BCUT2D eigenvalue weighted by molar-refractivity contribution is 5.82. The standard InChI is InChI=1S/C14H22N2O2/c1-2-11-5-7-14(10-15,8-6-11)16-13(17)12-4-3-9-18-12/h11-12H,2-9H2,1H3,(H,16,17). The summed E-state index contributed by atoms with van der Waals surface area (Å²) in [5, 5.41) is 12.3. The SMILES string of the molecule is CCC1CCC(C#N)(NC(=O)C2CCCO2)CC1. The summed E-state index contributed by atoms with van der Waals surface area (Å²) in [6.07, 6.45) is 6.19. The number of nitrogens with one attached hydrogen (secondary N) is 1. The molecule has 2 fully saturated rings. The molecular weight excluding hydrogens is 228 g/mol. The molecule has 0 spiro atoms. The van der Waals surface area contributed by atoms with Crippen LogP contribution in [0.25, 0.3) is 0 Å². The molecule has 0 bridgehead atoms. The lowest BCUT2D eigenvalue weighted by atomic mass is 9.76. The summed E-state index contributed by atoms with van der Waals surface area (Å²) in [6, 6.07) is 2.33. The van der Waals surface area contributed by atoms with Crippen LogP contribution >= 0.6 is 0 Å². The minimum atomic E-state index is -0.644. The van der Waals surface area contributed by atoms with Crippen LogP contribution in [0, 0.1) is 17.2 Å². The molecular formula is C14H22N2O2. The molecule has 1 aliphatic heterocycles. The average molecular weight is 250 g/mol. The lowest BCUT2D eigenvalue weighted by molar-refractivity contribution is -0.131. The molecule has 0 aromatic carbocycles. The lowest BCUT2D eigenvalue weighted by Gasteiger charge is -2.35. The Balaban J connectivity index is 1.92. The first-order valence-electron chi connectivity index (χ1n) is 7.04. The molecule has 1 aliphatic carbocycles. The second-order valence-electron chi connectivity index (χ2n) is 5.54. The summed E-state index contributed by atoms with van der Waals surface area (Å²) < 4.78 is 5.37. The Kier molecular flexibility index (Phi) is 4.23. The van der Waals surface area contributed by atoms with E-state index in [1.54, 1.807) is 0 Å². The van der Waals surface area contributed by atoms with Crippen LogP contribution in [0.2, 0.25) is 0 Å². The van der Waals surface area contributed by atoms with Crippen molar-refractivity contribution in [2.45, 2.75) is 63.5 Å². The molecule has 4 nitrogen and oxygen atoms in total. The fraction of sp³-hybridized carbons (Fsp3) is 0.857. The van der Waals surface area contributed by atoms with Crippen LogP contribution in [0.3, 0.4) is 0 Å². The second-order valence-corrected chi connectivity index (χ2v) is 5.54. The smallest absolute Gasteiger partial charge is 0.250 e. The Hall–Kier alpha value is -1.08. The Morgan fingerprint density at radius 3 is 2.67 bits per heavy atom. The molecule has 1 saturated carbocycles. The molecule has 0 aromatic rings. The fourth-order valence-electron chi connectivity index (χ4n) is 2.94. The van der Waals surface area contributed by atoms with E-state index in [2.05, 4.69) is 18.3 Å². The molecule has 1 N–H and O–H groups in total. The quantitative estimate of drug-likeness (QED) is 0.834. The van der Waals surface area contributed by atoms with Gasteiger partial charge in [-0.2, -0.15) is 5.26 Å². The molecule has 1 unspecified atom stereocenters. The molecule has 0 aromatic heterocycles. The van der Waals surface area contributed by atoms with Gasteiger partial charge in [0.05, 0.1) is 6.07 Å². The van der Waals surface area contributed by atoms with E-state index in [0.717, 1.165) is 38.5 Å². The van der Waals surface area contributed by atoms with Gasteiger partial charge in [0.15, 0.2) is 0 Å². The van der Waals surface area contributed by atoms with E-state index in [0.29, 0.717) is 12.5 Å². The fourth-order valence-corrected chi connectivity index (χ4v) is 2.94. The molecule has 18 heavy (non-hydrogen) atoms. The summed E-state index contributed by atoms with van der Waals surface area (Å²) in [7, 11) is 0. The van der Waals surface area contributed by atoms with E-state index in [1.165, 1.54) is 6.42 Å². The van der Waals surface area contributed by atoms with Gasteiger partial charge >= 0.3 is 0 Å². The van der Waals surface area contributed by atoms with Gasteiger partial charge in [0.25, 0.3) is 0 Å². The van der Waals surface area contributed by atoms with Crippen LogP contribution in [0.4, 0.5) is 0 Å². The number of ether oxygens (including phenoxy) is 1. The van der Waals surface area contributed by atoms with Gasteiger partial charge in [-0.1, -0.05) is 13.3 Å². The number of amides is 1. The summed E-state index contributed by atoms with van der Waals surface area (Å²) in [4.78, 5) is 12.0. The zero-order valence-corrected chi connectivity index (χ0v) is 11.1. The largest absolute Gasteiger partial charge is 0.368 e. The maximum atomic E-state index is 12.0. The van der Waals surface area contributed by atoms with Crippen molar-refractivity contribution in [3.8, 4) is 6.07 Å². The average Bonchev–Trinajstić information content (AvgIpc) is 2.93. The van der Waals surface area contributed by atoms with Gasteiger partial charge < -0.3 is 10.1 Å². The first kappa shape index (κ1) is 13.4. The Labute approximate surface area is 109 Å². The minimum absolute atomic E-state index is 0.0935. The molecule has 1 amide bonds. The number of hydrogen-bond donors (Lipinski definition) is 1. The van der Waals surface area contributed by atoms with Crippen molar-refractivity contribution in [1.29, 1.82) is 5.26 Å². The summed E-state index contributed by atoms with van der Waals surface area (Å²) >= 11 is 0. The normalized spacial score (nSPS) is 36.0. The van der Waals surface area contributed by atoms with Gasteiger partial charge in [-0.25, -0.2) is 0 Å². The number of carbonyl (C=O) groups excluding carboxylic acids is 1. The van der Waals surface area contributed by atoms with E-state index in [9.17, 15) is 10.1 Å². The molecule has 4 heteroatoms. The lowest BCUT2D eigenvalue weighted by Crippen LogP contribution is -2.52. The van der Waals surface area contributed by atoms with Crippen molar-refractivity contribution in [1.82, 2.24) is 5.32 Å². The highest BCUT2D eigenvalue weighted by atomic mass is 16.5. The second kappa shape index (κ2) is 5.71. The maximum Gasteiger partial charge on any atom is 0.250 e. The summed E-state index contributed by atoms with van der Waals surface area (Å²) in [6.45, 7) is 2.85. The van der Waals surface area contributed by atoms with Gasteiger partial charge in [0, 0.05) is 6.61 Å². The molecule has 1 atom stereocenters. The number of hydrogen-bond acceptors (Lipinski definition) is 3. The van der Waals surface area contributed by atoms with Crippen LogP contribution in [-0.2, 0) is 9.53 Å². The Bertz CT molecular complexity index is 334. The third-order valence-electron chi connectivity index (χ3n) is 4.33. The van der Waals surface area contributed by atoms with E-state index in [-0.39, 0.29) is 12.0 Å². The van der Waals surface area contributed by atoms with Crippen LogP contribution in [0.5, 0.6) is 0 Å². The van der Waals surface area contributed by atoms with E-state index >= 15 is 0 Å². The van der Waals surface area contributed by atoms with E-state index in [1.807, 2.05) is 0 Å². The number of nitriles is 1. The first-order valence-corrected chi connectivity index (χ1v) is 7.04. The minimum Gasteiger partial charge on any atom is -0.368 e. The van der Waals surface area contributed by atoms with Crippen molar-refractivity contribution in [3.05, 3.63) is 0 Å². The van der Waals surface area contributed by atoms with Crippen LogP contribution in [-0.4, -0.2) is 24.2 Å². The predicted molar refractivity (Wildman–Crippen MR) is 67.7 cm³/mol. The van der Waals surface area contributed by atoms with Crippen molar-refractivity contribution < 1.29 is 9.53 Å². The molecule has 2 rings (SSSR count). The Morgan fingerprint density at radius 1 is 1.44 bits per heavy atom. The van der Waals surface area contributed by atoms with Crippen molar-refractivity contribution >= 4 is 5.91 Å². The first-order chi connectivity index (χ1) is 8.69. The van der Waals surface area contributed by atoms with Crippen LogP contribution in [0.15, 0.2) is 0 Å². The highest BCUT2D eigenvalue weighted by Gasteiger charge is 2.38. The van der Waals surface area contributed by atoms with Crippen molar-refractivity contribution in [3.63, 3.8) is 0 Å². The zero-order chi connectivity index (χ0) is 13.0. The van der Waals surface area contributed by atoms with Gasteiger partial charge in [-0.15, -0.1) is 0 Å². The van der Waals surface area contributed by atoms with Gasteiger partial charge in [-0.3, -0.25) is 4.79 Å². The van der Waals surface area contributed by atoms with Crippen LogP contribution < -0.4 is 5.32 Å². The van der Waals surface area contributed by atoms with E-state index in [4.69, 9.17) is 4.74 Å². The van der Waals surface area contributed by atoms with Crippen LogP contribution in [0.1, 0.15) is 51.9 Å². The highest BCUT2D eigenvalue weighted by Crippen LogP contribution is 2.33. The number of rotatable bonds is 3. The number of carbonyl (C=O) groups is 1. The molecule has 0 radical (unpaired) electrons. The maximum absolute atomic E-state index is 12.0. The third kappa shape index (κ3) is 2.84. The zero-order valence-electron chi connectivity index (χ0n) is 11.1. The van der Waals surface area contributed by atoms with Gasteiger partial charge in [0.2, 0.25) is 5.91 Å². The molecule has 1 saturated heterocycles. The Morgan fingerprint density at radius 2 is 2.17 bits per heavy atom. The monoisotopic (exact) mass is 250 g/mol. The van der Waals surface area contributed by atoms with Crippen molar-refractivity contribution in [2.24, 2.45) is 5.92 Å². The van der Waals surface area contributed by atoms with Crippen molar-refractivity contribution in [2.75, 3.05) is 6.61 Å². The van der Waals surface area contributed by atoms with Gasteiger partial charge in [0.1, 0.15) is 11.6 Å². The number of nitrogens with zero attached hydrogens (tertiary/aromatic N) is 1. The predicted octanol–water partition coefficient (Wildman–Crippen LogP) is 2.14. The van der Waals surface area contributed by atoms with E-state index < -0.39 is 5.54 Å². The molecule has 1 heterocycles. The molecule has 2 aliphatic rings.